The summed E-state index contributed by atoms with van der Waals surface area (Å²) in [6, 6.07) is 0. The second-order valence-corrected chi connectivity index (χ2v) is 6.28. The van der Waals surface area contributed by atoms with Gasteiger partial charge in [0.1, 0.15) is 5.60 Å². The summed E-state index contributed by atoms with van der Waals surface area (Å²) in [7, 11) is 3.29. The maximum absolute atomic E-state index is 9.10. The van der Waals surface area contributed by atoms with E-state index in [2.05, 4.69) is 20.8 Å². The van der Waals surface area contributed by atoms with Crippen molar-refractivity contribution in [1.29, 1.82) is 5.26 Å². The van der Waals surface area contributed by atoms with Crippen LogP contribution in [-0.2, 0) is 14.2 Å². The molecule has 0 aromatic carbocycles. The predicted octanol–water partition coefficient (Wildman–Crippen LogP) is 5.56. The Hall–Kier alpha value is -0.790. The van der Waals surface area contributed by atoms with Crippen molar-refractivity contribution in [3.63, 3.8) is 0 Å². The molecule has 0 heterocycles. The molecule has 0 aromatic rings. The van der Waals surface area contributed by atoms with E-state index in [0.717, 1.165) is 25.7 Å². The molecule has 0 aliphatic heterocycles. The van der Waals surface area contributed by atoms with Gasteiger partial charge in [0.2, 0.25) is 0 Å². The van der Waals surface area contributed by atoms with Crippen LogP contribution in [0, 0.1) is 11.5 Å². The molecule has 4 nitrogen and oxygen atoms in total. The van der Waals surface area contributed by atoms with Crippen LogP contribution in [0.3, 0.4) is 0 Å². The van der Waals surface area contributed by atoms with Crippen molar-refractivity contribution < 1.29 is 14.2 Å². The lowest BCUT2D eigenvalue weighted by Gasteiger charge is -2.45. The van der Waals surface area contributed by atoms with E-state index >= 15 is 0 Å². The van der Waals surface area contributed by atoms with E-state index in [4.69, 9.17) is 19.5 Å². The molecule has 1 atom stereocenters. The minimum absolute atomic E-state index is 0.585. The first-order chi connectivity index (χ1) is 11.1. The average Bonchev–Trinajstić information content (AvgIpc) is 2.58. The molecule has 0 N–H and O–H groups in total. The Bertz CT molecular complexity index is 315. The highest BCUT2D eigenvalue weighted by molar-refractivity contribution is 4.96. The van der Waals surface area contributed by atoms with E-state index in [9.17, 15) is 0 Å². The maximum atomic E-state index is 9.10. The SMILES string of the molecule is CCCCCCCCCCC(OC)(OC#N)C(CC)(CC)OC. The van der Waals surface area contributed by atoms with Crippen molar-refractivity contribution in [3.05, 3.63) is 0 Å². The van der Waals surface area contributed by atoms with Gasteiger partial charge >= 0.3 is 0 Å². The first kappa shape index (κ1) is 22.2. The lowest BCUT2D eigenvalue weighted by atomic mass is 9.83. The molecular formula is C19H37NO3. The molecule has 23 heavy (non-hydrogen) atoms. The number of ether oxygens (including phenoxy) is 3. The molecular weight excluding hydrogens is 290 g/mol. The maximum Gasteiger partial charge on any atom is 0.289 e. The molecule has 0 amide bonds. The van der Waals surface area contributed by atoms with Crippen molar-refractivity contribution in [2.24, 2.45) is 0 Å². The lowest BCUT2D eigenvalue weighted by molar-refractivity contribution is -0.299. The number of hydrogen-bond donors (Lipinski definition) is 0. The third-order valence-corrected chi connectivity index (χ3v) is 5.13. The van der Waals surface area contributed by atoms with Gasteiger partial charge in [0.05, 0.1) is 0 Å². The molecule has 0 aliphatic carbocycles. The van der Waals surface area contributed by atoms with Crippen LogP contribution in [-0.4, -0.2) is 25.6 Å². The normalized spacial score (nSPS) is 14.3. The largest absolute Gasteiger partial charge is 0.389 e. The Morgan fingerprint density at radius 3 is 1.70 bits per heavy atom. The monoisotopic (exact) mass is 327 g/mol. The molecule has 0 spiro atoms. The standard InChI is InChI=1S/C19H37NO3/c1-6-9-10-11-12-13-14-15-16-19(22-5,23-17-20)18(7-2,8-3)21-4/h6-16H2,1-5H3. The number of hydrogen-bond acceptors (Lipinski definition) is 4. The third-order valence-electron chi connectivity index (χ3n) is 5.13. The summed E-state index contributed by atoms with van der Waals surface area (Å²) in [4.78, 5) is 0. The summed E-state index contributed by atoms with van der Waals surface area (Å²) in [6.07, 6.45) is 13.9. The summed E-state index contributed by atoms with van der Waals surface area (Å²) in [5, 5.41) is 9.10. The van der Waals surface area contributed by atoms with Gasteiger partial charge in [-0.05, 0) is 19.3 Å². The van der Waals surface area contributed by atoms with Crippen LogP contribution in [0.15, 0.2) is 0 Å². The lowest BCUT2D eigenvalue weighted by Crippen LogP contribution is -2.57. The molecule has 0 rings (SSSR count). The Balaban J connectivity index is 4.54. The van der Waals surface area contributed by atoms with Crippen LogP contribution in [0.1, 0.15) is 91.4 Å². The zero-order valence-corrected chi connectivity index (χ0v) is 16.0. The van der Waals surface area contributed by atoms with Crippen molar-refractivity contribution >= 4 is 0 Å². The zero-order chi connectivity index (χ0) is 17.6. The summed E-state index contributed by atoms with van der Waals surface area (Å²) < 4.78 is 16.9. The van der Waals surface area contributed by atoms with Crippen molar-refractivity contribution in [2.45, 2.75) is 103 Å². The van der Waals surface area contributed by atoms with Crippen LogP contribution in [0.2, 0.25) is 0 Å². The molecule has 0 fully saturated rings. The number of rotatable bonds is 15. The number of unbranched alkanes of at least 4 members (excludes halogenated alkanes) is 7. The molecule has 0 saturated heterocycles. The van der Waals surface area contributed by atoms with Gasteiger partial charge < -0.3 is 14.2 Å². The van der Waals surface area contributed by atoms with Crippen molar-refractivity contribution in [3.8, 4) is 6.26 Å². The predicted molar refractivity (Wildman–Crippen MR) is 94.0 cm³/mol. The minimum Gasteiger partial charge on any atom is -0.389 e. The number of nitrogens with zero attached hydrogens (tertiary/aromatic N) is 1. The zero-order valence-electron chi connectivity index (χ0n) is 16.0. The highest BCUT2D eigenvalue weighted by Gasteiger charge is 2.52. The highest BCUT2D eigenvalue weighted by atomic mass is 16.7. The topological polar surface area (TPSA) is 51.5 Å². The van der Waals surface area contributed by atoms with E-state index in [1.165, 1.54) is 38.5 Å². The fourth-order valence-corrected chi connectivity index (χ4v) is 3.50. The second-order valence-electron chi connectivity index (χ2n) is 6.28. The fourth-order valence-electron chi connectivity index (χ4n) is 3.50. The van der Waals surface area contributed by atoms with Gasteiger partial charge in [0.15, 0.2) is 0 Å². The smallest absolute Gasteiger partial charge is 0.289 e. The summed E-state index contributed by atoms with van der Waals surface area (Å²) in [5.74, 6) is -0.984. The Morgan fingerprint density at radius 1 is 0.783 bits per heavy atom. The Kier molecular flexibility index (Phi) is 12.2. The van der Waals surface area contributed by atoms with Crippen LogP contribution >= 0.6 is 0 Å². The summed E-state index contributed by atoms with van der Waals surface area (Å²) in [6.45, 7) is 6.34. The Morgan fingerprint density at radius 2 is 1.30 bits per heavy atom. The van der Waals surface area contributed by atoms with Gasteiger partial charge in [-0.3, -0.25) is 0 Å². The molecule has 1 unspecified atom stereocenters. The van der Waals surface area contributed by atoms with Crippen LogP contribution in [0.25, 0.3) is 0 Å². The molecule has 0 aromatic heterocycles. The molecule has 0 saturated carbocycles. The van der Waals surface area contributed by atoms with Gasteiger partial charge in [-0.1, -0.05) is 65.7 Å². The minimum atomic E-state index is -0.984. The third kappa shape index (κ3) is 6.31. The molecule has 0 bridgehead atoms. The Labute approximate surface area is 143 Å². The fraction of sp³-hybridized carbons (Fsp3) is 0.947. The molecule has 0 radical (unpaired) electrons. The van der Waals surface area contributed by atoms with Gasteiger partial charge in [0.25, 0.3) is 12.0 Å². The van der Waals surface area contributed by atoms with E-state index in [1.54, 1.807) is 14.2 Å². The van der Waals surface area contributed by atoms with E-state index in [-0.39, 0.29) is 0 Å². The second kappa shape index (κ2) is 12.6. The van der Waals surface area contributed by atoms with E-state index in [1.807, 2.05) is 6.26 Å². The van der Waals surface area contributed by atoms with E-state index in [0.29, 0.717) is 6.42 Å². The van der Waals surface area contributed by atoms with Gasteiger partial charge in [-0.25, -0.2) is 0 Å². The molecule has 136 valence electrons. The first-order valence-electron chi connectivity index (χ1n) is 9.29. The number of methoxy groups -OCH3 is 2. The summed E-state index contributed by atoms with van der Waals surface area (Å²) in [5.41, 5.74) is -0.585. The molecule has 0 aliphatic rings. The van der Waals surface area contributed by atoms with Crippen molar-refractivity contribution in [1.82, 2.24) is 0 Å². The summed E-state index contributed by atoms with van der Waals surface area (Å²) >= 11 is 0. The van der Waals surface area contributed by atoms with Crippen molar-refractivity contribution in [2.75, 3.05) is 14.2 Å². The average molecular weight is 328 g/mol. The van der Waals surface area contributed by atoms with E-state index < -0.39 is 11.4 Å². The van der Waals surface area contributed by atoms with Crippen LogP contribution in [0.5, 0.6) is 0 Å². The first-order valence-corrected chi connectivity index (χ1v) is 9.29. The molecule has 4 heteroatoms. The van der Waals surface area contributed by atoms with Gasteiger partial charge in [0, 0.05) is 20.6 Å². The van der Waals surface area contributed by atoms with Crippen LogP contribution < -0.4 is 0 Å². The highest BCUT2D eigenvalue weighted by Crippen LogP contribution is 2.40. The van der Waals surface area contributed by atoms with Gasteiger partial charge in [-0.2, -0.15) is 5.26 Å². The number of nitriles is 1. The quantitative estimate of drug-likeness (QED) is 0.224. The van der Waals surface area contributed by atoms with Gasteiger partial charge in [-0.15, -0.1) is 0 Å². The van der Waals surface area contributed by atoms with Crippen LogP contribution in [0.4, 0.5) is 0 Å².